The fourth-order valence-electron chi connectivity index (χ4n) is 4.49. The first-order valence-electron chi connectivity index (χ1n) is 8.45. The molecule has 24 heavy (non-hydrogen) atoms. The Kier molecular flexibility index (Phi) is 5.33. The van der Waals surface area contributed by atoms with Gasteiger partial charge >= 0.3 is 5.97 Å². The number of carbonyl (C=O) groups is 3. The van der Waals surface area contributed by atoms with E-state index in [-0.39, 0.29) is 36.3 Å². The number of fused-ring (bicyclic) bond motifs is 1. The lowest BCUT2D eigenvalue weighted by Gasteiger charge is -2.46. The van der Waals surface area contributed by atoms with Crippen LogP contribution in [0.5, 0.6) is 0 Å². The molecule has 2 aliphatic heterocycles. The second-order valence-corrected chi connectivity index (χ2v) is 10.0. The quantitative estimate of drug-likeness (QED) is 0.554. The molecule has 5 nitrogen and oxygen atoms in total. The SMILES string of the molecule is COC(=O)[C@]12CCC(=O)C(C)[C@@H]1[C@@H](C1(CC=O)SCCCS1)OC2. The monoisotopic (exact) mass is 372 g/mol. The number of rotatable bonds is 4. The number of ketones is 1. The molecule has 1 aliphatic carbocycles. The zero-order chi connectivity index (χ0) is 17.4. The minimum absolute atomic E-state index is 0.182. The maximum Gasteiger partial charge on any atom is 0.314 e. The number of thioether (sulfide) groups is 2. The molecule has 0 N–H and O–H groups in total. The molecule has 3 fully saturated rings. The van der Waals surface area contributed by atoms with Gasteiger partial charge in [-0.15, -0.1) is 23.5 Å². The Balaban J connectivity index is 2.00. The predicted octanol–water partition coefficient (Wildman–Crippen LogP) is 2.32. The number of esters is 1. The number of Topliss-reactive ketones (excluding diaryl/α,β-unsaturated/α-hetero) is 1. The van der Waals surface area contributed by atoms with Gasteiger partial charge in [0.2, 0.25) is 0 Å². The molecular formula is C17H24O5S2. The maximum absolute atomic E-state index is 12.6. The molecule has 2 heterocycles. The molecule has 1 saturated carbocycles. The van der Waals surface area contributed by atoms with Gasteiger partial charge < -0.3 is 14.3 Å². The first-order valence-corrected chi connectivity index (χ1v) is 10.4. The minimum atomic E-state index is -0.749. The third-order valence-corrected chi connectivity index (χ3v) is 9.19. The van der Waals surface area contributed by atoms with E-state index < -0.39 is 9.49 Å². The zero-order valence-corrected chi connectivity index (χ0v) is 15.7. The highest BCUT2D eigenvalue weighted by atomic mass is 32.2. The second kappa shape index (κ2) is 7.00. The van der Waals surface area contributed by atoms with E-state index in [1.165, 1.54) is 7.11 Å². The van der Waals surface area contributed by atoms with Crippen LogP contribution in [0.3, 0.4) is 0 Å². The highest BCUT2D eigenvalue weighted by molar-refractivity contribution is 8.18. The van der Waals surface area contributed by atoms with Crippen molar-refractivity contribution in [3.63, 3.8) is 0 Å². The highest BCUT2D eigenvalue weighted by Crippen LogP contribution is 2.59. The van der Waals surface area contributed by atoms with Crippen LogP contribution < -0.4 is 0 Å². The predicted molar refractivity (Wildman–Crippen MR) is 94.0 cm³/mol. The average molecular weight is 373 g/mol. The van der Waals surface area contributed by atoms with Crippen LogP contribution in [0.25, 0.3) is 0 Å². The summed E-state index contributed by atoms with van der Waals surface area (Å²) < 4.78 is 10.9. The van der Waals surface area contributed by atoms with Gasteiger partial charge in [-0.2, -0.15) is 0 Å². The molecule has 134 valence electrons. The van der Waals surface area contributed by atoms with Gasteiger partial charge in [0.15, 0.2) is 0 Å². The molecule has 0 radical (unpaired) electrons. The lowest BCUT2D eigenvalue weighted by atomic mass is 9.61. The Hall–Kier alpha value is -0.530. The molecule has 0 spiro atoms. The molecule has 4 atom stereocenters. The van der Waals surface area contributed by atoms with Crippen molar-refractivity contribution in [1.82, 2.24) is 0 Å². The van der Waals surface area contributed by atoms with Crippen molar-refractivity contribution in [2.24, 2.45) is 17.3 Å². The van der Waals surface area contributed by atoms with Crippen LogP contribution >= 0.6 is 23.5 Å². The minimum Gasteiger partial charge on any atom is -0.469 e. The molecule has 7 heteroatoms. The molecule has 0 amide bonds. The summed E-state index contributed by atoms with van der Waals surface area (Å²) in [5, 5.41) is 0. The number of carbonyl (C=O) groups excluding carboxylic acids is 3. The Morgan fingerprint density at radius 2 is 2.12 bits per heavy atom. The van der Waals surface area contributed by atoms with Crippen LogP contribution in [0.2, 0.25) is 0 Å². The molecule has 3 rings (SSSR count). The van der Waals surface area contributed by atoms with Gasteiger partial charge in [-0.05, 0) is 24.3 Å². The second-order valence-electron chi connectivity index (χ2n) is 6.89. The standard InChI is InChI=1S/C17H24O5S2/c1-11-12(19)4-5-16(15(20)21-2)10-22-14(13(11)16)17(6-7-18)23-8-3-9-24-17/h7,11,13-14H,3-6,8-10H2,1-2H3/t11?,13-,14+,16+/m1/s1. The Bertz CT molecular complexity index is 531. The van der Waals surface area contributed by atoms with Crippen molar-refractivity contribution >= 4 is 41.6 Å². The summed E-state index contributed by atoms with van der Waals surface area (Å²) in [5.41, 5.74) is -0.749. The topological polar surface area (TPSA) is 69.7 Å². The fraction of sp³-hybridized carbons (Fsp3) is 0.824. The molecular weight excluding hydrogens is 348 g/mol. The third kappa shape index (κ3) is 2.72. The van der Waals surface area contributed by atoms with Gasteiger partial charge in [-0.3, -0.25) is 9.59 Å². The number of aldehydes is 1. The van der Waals surface area contributed by atoms with Gasteiger partial charge in [0.1, 0.15) is 12.1 Å². The summed E-state index contributed by atoms with van der Waals surface area (Å²) in [7, 11) is 1.40. The molecule has 2 saturated heterocycles. The number of ether oxygens (including phenoxy) is 2. The maximum atomic E-state index is 12.6. The van der Waals surface area contributed by atoms with Crippen LogP contribution in [0.1, 0.15) is 32.6 Å². The van der Waals surface area contributed by atoms with E-state index in [2.05, 4.69) is 0 Å². The summed E-state index contributed by atoms with van der Waals surface area (Å²) in [6, 6.07) is 0. The van der Waals surface area contributed by atoms with E-state index in [0.29, 0.717) is 19.3 Å². The van der Waals surface area contributed by atoms with Gasteiger partial charge in [-0.25, -0.2) is 0 Å². The number of hydrogen-bond donors (Lipinski definition) is 0. The number of hydrogen-bond acceptors (Lipinski definition) is 7. The number of methoxy groups -OCH3 is 1. The average Bonchev–Trinajstić information content (AvgIpc) is 3.01. The smallest absolute Gasteiger partial charge is 0.314 e. The summed E-state index contributed by atoms with van der Waals surface area (Å²) in [6.45, 7) is 2.19. The van der Waals surface area contributed by atoms with Crippen molar-refractivity contribution in [2.45, 2.75) is 42.8 Å². The first kappa shape index (κ1) is 18.3. The van der Waals surface area contributed by atoms with E-state index in [1.54, 1.807) is 23.5 Å². The van der Waals surface area contributed by atoms with Gasteiger partial charge in [0, 0.05) is 24.7 Å². The molecule has 0 aromatic heterocycles. The van der Waals surface area contributed by atoms with Crippen molar-refractivity contribution in [3.8, 4) is 0 Å². The normalized spacial score (nSPS) is 38.4. The molecule has 0 bridgehead atoms. The molecule has 3 aliphatic rings. The summed E-state index contributed by atoms with van der Waals surface area (Å²) in [6.07, 6.45) is 3.02. The van der Waals surface area contributed by atoms with E-state index in [9.17, 15) is 14.4 Å². The van der Waals surface area contributed by atoms with E-state index in [4.69, 9.17) is 9.47 Å². The van der Waals surface area contributed by atoms with Crippen molar-refractivity contribution in [2.75, 3.05) is 25.2 Å². The molecule has 0 aromatic carbocycles. The van der Waals surface area contributed by atoms with Gasteiger partial charge in [0.25, 0.3) is 0 Å². The highest BCUT2D eigenvalue weighted by Gasteiger charge is 2.65. The molecule has 1 unspecified atom stereocenters. The lowest BCUT2D eigenvalue weighted by Crippen LogP contribution is -2.53. The summed E-state index contributed by atoms with van der Waals surface area (Å²) >= 11 is 3.51. The molecule has 0 aromatic rings. The Morgan fingerprint density at radius 3 is 2.75 bits per heavy atom. The van der Waals surface area contributed by atoms with Gasteiger partial charge in [-0.1, -0.05) is 6.92 Å². The summed E-state index contributed by atoms with van der Waals surface area (Å²) in [4.78, 5) is 36.4. The van der Waals surface area contributed by atoms with E-state index >= 15 is 0 Å². The zero-order valence-electron chi connectivity index (χ0n) is 14.1. The first-order chi connectivity index (χ1) is 11.5. The fourth-order valence-corrected chi connectivity index (χ4v) is 7.90. The van der Waals surface area contributed by atoms with Crippen molar-refractivity contribution in [3.05, 3.63) is 0 Å². The lowest BCUT2D eigenvalue weighted by molar-refractivity contribution is -0.160. The largest absolute Gasteiger partial charge is 0.469 e. The Labute approximate surface area is 151 Å². The van der Waals surface area contributed by atoms with Crippen LogP contribution in [0.4, 0.5) is 0 Å². The van der Waals surface area contributed by atoms with Crippen LogP contribution in [-0.4, -0.2) is 53.4 Å². The van der Waals surface area contributed by atoms with Crippen LogP contribution in [0, 0.1) is 17.3 Å². The van der Waals surface area contributed by atoms with Crippen molar-refractivity contribution in [1.29, 1.82) is 0 Å². The van der Waals surface area contributed by atoms with E-state index in [1.807, 2.05) is 6.92 Å². The third-order valence-electron chi connectivity index (χ3n) is 5.72. The van der Waals surface area contributed by atoms with Gasteiger partial charge in [0.05, 0.1) is 29.3 Å². The van der Waals surface area contributed by atoms with Crippen molar-refractivity contribution < 1.29 is 23.9 Å². The summed E-state index contributed by atoms with van der Waals surface area (Å²) in [5.74, 6) is 1.38. The van der Waals surface area contributed by atoms with E-state index in [0.717, 1.165) is 24.2 Å². The Morgan fingerprint density at radius 1 is 1.42 bits per heavy atom. The van der Waals surface area contributed by atoms with Crippen LogP contribution in [0.15, 0.2) is 0 Å². The van der Waals surface area contributed by atoms with Crippen LogP contribution in [-0.2, 0) is 23.9 Å².